The Morgan fingerprint density at radius 3 is 2.84 bits per heavy atom. The number of amides is 1. The van der Waals surface area contributed by atoms with Crippen molar-refractivity contribution in [2.75, 3.05) is 13.2 Å². The highest BCUT2D eigenvalue weighted by atomic mass is 35.5. The van der Waals surface area contributed by atoms with E-state index in [2.05, 4.69) is 10.3 Å². The number of ether oxygens (including phenoxy) is 1. The average Bonchev–Trinajstić information content (AvgIpc) is 2.88. The molecular weight excluding hydrogens is 311 g/mol. The lowest BCUT2D eigenvalue weighted by molar-refractivity contribution is -0.141. The Morgan fingerprint density at radius 1 is 1.47 bits per heavy atom. The van der Waals surface area contributed by atoms with Crippen LogP contribution in [0.1, 0.15) is 17.4 Å². The summed E-state index contributed by atoms with van der Waals surface area (Å²) in [6.45, 7) is 1.80. The number of hydrogen-bond donors (Lipinski definition) is 2. The van der Waals surface area contributed by atoms with Crippen molar-refractivity contribution in [3.63, 3.8) is 0 Å². The van der Waals surface area contributed by atoms with Crippen molar-refractivity contribution in [2.45, 2.75) is 6.92 Å². The van der Waals surface area contributed by atoms with Crippen LogP contribution in [0.2, 0.25) is 9.36 Å². The molecule has 0 unspecified atom stereocenters. The molecule has 1 amide bonds. The van der Waals surface area contributed by atoms with Gasteiger partial charge in [-0.15, -0.1) is 11.3 Å². The lowest BCUT2D eigenvalue weighted by atomic mass is 10.4. The number of hydrogen-bond acceptors (Lipinski definition) is 4. The van der Waals surface area contributed by atoms with Gasteiger partial charge in [0.05, 0.1) is 21.8 Å². The Hall–Kier alpha value is -1.24. The van der Waals surface area contributed by atoms with Gasteiger partial charge in [-0.3, -0.25) is 9.59 Å². The fourth-order valence-electron chi connectivity index (χ4n) is 1.50. The molecular formula is C11H10Cl2N2O3S. The summed E-state index contributed by atoms with van der Waals surface area (Å²) in [5.41, 5.74) is 0.946. The highest BCUT2D eigenvalue weighted by Gasteiger charge is 2.16. The molecule has 0 spiro atoms. The number of H-pyrrole nitrogens is 1. The first-order valence-electron chi connectivity index (χ1n) is 5.43. The smallest absolute Gasteiger partial charge is 0.325 e. The van der Waals surface area contributed by atoms with Gasteiger partial charge >= 0.3 is 5.97 Å². The van der Waals surface area contributed by atoms with Crippen molar-refractivity contribution in [1.29, 1.82) is 0 Å². The molecule has 0 saturated heterocycles. The van der Waals surface area contributed by atoms with Crippen LogP contribution in [0.3, 0.4) is 0 Å². The molecule has 0 atom stereocenters. The minimum absolute atomic E-state index is 0.173. The summed E-state index contributed by atoms with van der Waals surface area (Å²) >= 11 is 13.1. The lowest BCUT2D eigenvalue weighted by Gasteiger charge is -2.03. The van der Waals surface area contributed by atoms with Gasteiger partial charge in [-0.25, -0.2) is 0 Å². The van der Waals surface area contributed by atoms with Gasteiger partial charge in [0.2, 0.25) is 0 Å². The Labute approximate surface area is 122 Å². The first-order chi connectivity index (χ1) is 9.02. The van der Waals surface area contributed by atoms with E-state index in [1.807, 2.05) is 0 Å². The number of halogens is 2. The molecule has 0 saturated carbocycles. The summed E-state index contributed by atoms with van der Waals surface area (Å²) in [7, 11) is 0. The first-order valence-corrected chi connectivity index (χ1v) is 7.00. The predicted molar refractivity (Wildman–Crippen MR) is 75.2 cm³/mol. The zero-order chi connectivity index (χ0) is 14.0. The topological polar surface area (TPSA) is 71.2 Å². The molecule has 0 bridgehead atoms. The van der Waals surface area contributed by atoms with Crippen molar-refractivity contribution >= 4 is 56.6 Å². The fourth-order valence-corrected chi connectivity index (χ4v) is 2.98. The van der Waals surface area contributed by atoms with Crippen LogP contribution in [0.15, 0.2) is 6.07 Å². The Morgan fingerprint density at radius 2 is 2.21 bits per heavy atom. The molecule has 0 aliphatic heterocycles. The third kappa shape index (κ3) is 3.02. The van der Waals surface area contributed by atoms with Crippen molar-refractivity contribution < 1.29 is 14.3 Å². The SMILES string of the molecule is CCOC(=O)CNC(=O)c1cc2sc(Cl)c(Cl)c2[nH]1. The quantitative estimate of drug-likeness (QED) is 0.851. The molecule has 5 nitrogen and oxygen atoms in total. The van der Waals surface area contributed by atoms with E-state index in [-0.39, 0.29) is 13.2 Å². The molecule has 2 rings (SSSR count). The van der Waals surface area contributed by atoms with Crippen LogP contribution in [0.25, 0.3) is 10.2 Å². The normalized spacial score (nSPS) is 10.7. The van der Waals surface area contributed by atoms with Gasteiger partial charge in [0.25, 0.3) is 5.91 Å². The minimum Gasteiger partial charge on any atom is -0.465 e. The van der Waals surface area contributed by atoms with E-state index in [1.54, 1.807) is 13.0 Å². The summed E-state index contributed by atoms with van der Waals surface area (Å²) in [6.07, 6.45) is 0. The monoisotopic (exact) mass is 320 g/mol. The molecule has 2 aromatic rings. The van der Waals surface area contributed by atoms with Crippen LogP contribution >= 0.6 is 34.5 Å². The van der Waals surface area contributed by atoms with Gasteiger partial charge in [0, 0.05) is 0 Å². The number of aromatic amines is 1. The molecule has 0 aliphatic carbocycles. The van der Waals surface area contributed by atoms with Crippen LogP contribution in [-0.4, -0.2) is 30.0 Å². The maximum Gasteiger partial charge on any atom is 0.325 e. The lowest BCUT2D eigenvalue weighted by Crippen LogP contribution is -2.30. The highest BCUT2D eigenvalue weighted by Crippen LogP contribution is 2.38. The van der Waals surface area contributed by atoms with Crippen LogP contribution < -0.4 is 5.32 Å². The van der Waals surface area contributed by atoms with Crippen molar-refractivity contribution in [3.05, 3.63) is 21.1 Å². The molecule has 2 heterocycles. The first kappa shape index (κ1) is 14.2. The minimum atomic E-state index is -0.481. The summed E-state index contributed by atoms with van der Waals surface area (Å²) in [5.74, 6) is -0.881. The molecule has 102 valence electrons. The number of fused-ring (bicyclic) bond motifs is 1. The number of carbonyl (C=O) groups is 2. The molecule has 0 aliphatic rings. The number of nitrogens with one attached hydrogen (secondary N) is 2. The molecule has 2 aromatic heterocycles. The largest absolute Gasteiger partial charge is 0.465 e. The van der Waals surface area contributed by atoms with Crippen LogP contribution in [0, 0.1) is 0 Å². The molecule has 0 radical (unpaired) electrons. The molecule has 0 fully saturated rings. The molecule has 19 heavy (non-hydrogen) atoms. The summed E-state index contributed by atoms with van der Waals surface area (Å²) in [5, 5.41) is 2.85. The number of aromatic nitrogens is 1. The summed E-state index contributed by atoms with van der Waals surface area (Å²) in [6, 6.07) is 1.64. The Bertz CT molecular complexity index is 635. The maximum absolute atomic E-state index is 11.8. The zero-order valence-corrected chi connectivity index (χ0v) is 12.2. The van der Waals surface area contributed by atoms with Gasteiger partial charge in [0.1, 0.15) is 16.6 Å². The third-order valence-corrected chi connectivity index (χ3v) is 4.25. The fraction of sp³-hybridized carbons (Fsp3) is 0.273. The van der Waals surface area contributed by atoms with Gasteiger partial charge in [-0.2, -0.15) is 0 Å². The van der Waals surface area contributed by atoms with Gasteiger partial charge < -0.3 is 15.0 Å². The maximum atomic E-state index is 11.8. The molecule has 0 aromatic carbocycles. The molecule has 8 heteroatoms. The number of carbonyl (C=O) groups excluding carboxylic acids is 2. The second-order valence-electron chi connectivity index (χ2n) is 3.60. The van der Waals surface area contributed by atoms with E-state index in [0.29, 0.717) is 20.6 Å². The van der Waals surface area contributed by atoms with Gasteiger partial charge in [-0.1, -0.05) is 23.2 Å². The van der Waals surface area contributed by atoms with Gasteiger partial charge in [0.15, 0.2) is 0 Å². The number of rotatable bonds is 4. The van der Waals surface area contributed by atoms with Crippen molar-refractivity contribution in [1.82, 2.24) is 10.3 Å². The summed E-state index contributed by atoms with van der Waals surface area (Å²) in [4.78, 5) is 25.8. The summed E-state index contributed by atoms with van der Waals surface area (Å²) < 4.78 is 5.97. The van der Waals surface area contributed by atoms with Crippen LogP contribution in [-0.2, 0) is 9.53 Å². The highest BCUT2D eigenvalue weighted by molar-refractivity contribution is 7.23. The van der Waals surface area contributed by atoms with E-state index in [0.717, 1.165) is 4.70 Å². The van der Waals surface area contributed by atoms with Crippen molar-refractivity contribution in [3.8, 4) is 0 Å². The van der Waals surface area contributed by atoms with E-state index in [9.17, 15) is 9.59 Å². The van der Waals surface area contributed by atoms with Crippen molar-refractivity contribution in [2.24, 2.45) is 0 Å². The number of thiophene rings is 1. The third-order valence-electron chi connectivity index (χ3n) is 2.32. The van der Waals surface area contributed by atoms with Crippen LogP contribution in [0.5, 0.6) is 0 Å². The van der Waals surface area contributed by atoms with E-state index in [1.165, 1.54) is 11.3 Å². The standard InChI is InChI=1S/C11H10Cl2N2O3S/c1-2-18-7(16)4-14-11(17)5-3-6-9(15-5)8(12)10(13)19-6/h3,15H,2,4H2,1H3,(H,14,17). The molecule has 2 N–H and O–H groups in total. The number of esters is 1. The Kier molecular flexibility index (Phi) is 4.34. The van der Waals surface area contributed by atoms with E-state index in [4.69, 9.17) is 27.9 Å². The zero-order valence-electron chi connectivity index (χ0n) is 9.88. The van der Waals surface area contributed by atoms with E-state index >= 15 is 0 Å². The van der Waals surface area contributed by atoms with E-state index < -0.39 is 11.9 Å². The predicted octanol–water partition coefficient (Wildman–Crippen LogP) is 2.83. The second kappa shape index (κ2) is 5.81. The van der Waals surface area contributed by atoms with Crippen LogP contribution in [0.4, 0.5) is 0 Å². The Balaban J connectivity index is 2.07. The van der Waals surface area contributed by atoms with Gasteiger partial charge in [-0.05, 0) is 13.0 Å². The second-order valence-corrected chi connectivity index (χ2v) is 5.63. The average molecular weight is 321 g/mol.